The molecule has 4 rings (SSSR count). The van der Waals surface area contributed by atoms with Crippen molar-refractivity contribution in [1.82, 2.24) is 0 Å². The van der Waals surface area contributed by atoms with Gasteiger partial charge < -0.3 is 10.2 Å². The highest BCUT2D eigenvalue weighted by molar-refractivity contribution is 6.06. The van der Waals surface area contributed by atoms with Crippen molar-refractivity contribution in [1.29, 1.82) is 21.0 Å². The van der Waals surface area contributed by atoms with Crippen LogP contribution in [0.5, 0.6) is 11.5 Å². The van der Waals surface area contributed by atoms with Crippen molar-refractivity contribution < 1.29 is 10.2 Å². The highest BCUT2D eigenvalue weighted by Crippen LogP contribution is 2.40. The lowest BCUT2D eigenvalue weighted by molar-refractivity contribution is 0.473. The van der Waals surface area contributed by atoms with E-state index in [9.17, 15) is 31.3 Å². The molecule has 0 atom stereocenters. The summed E-state index contributed by atoms with van der Waals surface area (Å²) in [5.41, 5.74) is 2.29. The Morgan fingerprint density at radius 1 is 0.438 bits per heavy atom. The van der Waals surface area contributed by atoms with Crippen LogP contribution in [0.2, 0.25) is 0 Å². The summed E-state index contributed by atoms with van der Waals surface area (Å²) in [5, 5.41) is 59.6. The molecule has 2 N–H and O–H groups in total. The fourth-order valence-electron chi connectivity index (χ4n) is 3.86. The zero-order valence-electron chi connectivity index (χ0n) is 16.5. The fourth-order valence-corrected chi connectivity index (χ4v) is 3.86. The lowest BCUT2D eigenvalue weighted by Crippen LogP contribution is -1.94. The number of hydrogen-bond acceptors (Lipinski definition) is 6. The van der Waals surface area contributed by atoms with Crippen molar-refractivity contribution in [3.63, 3.8) is 0 Å². The van der Waals surface area contributed by atoms with Crippen LogP contribution in [0.1, 0.15) is 22.3 Å². The zero-order valence-corrected chi connectivity index (χ0v) is 16.5. The molecule has 0 spiro atoms. The molecule has 0 aromatic heterocycles. The number of phenols is 2. The Hall–Kier alpha value is -5.30. The molecule has 0 amide bonds. The van der Waals surface area contributed by atoms with Gasteiger partial charge in [-0.2, -0.15) is 21.0 Å². The summed E-state index contributed by atoms with van der Waals surface area (Å²) < 4.78 is 0. The Balaban J connectivity index is 2.08. The number of rotatable bonds is 2. The predicted molar refractivity (Wildman–Crippen MR) is 117 cm³/mol. The quantitative estimate of drug-likeness (QED) is 0.472. The molecule has 0 aliphatic carbocycles. The van der Waals surface area contributed by atoms with Crippen LogP contribution in [0.15, 0.2) is 60.7 Å². The third kappa shape index (κ3) is 2.94. The minimum Gasteiger partial charge on any atom is -0.507 e. The topological polar surface area (TPSA) is 136 Å². The highest BCUT2D eigenvalue weighted by Gasteiger charge is 2.19. The van der Waals surface area contributed by atoms with E-state index in [0.29, 0.717) is 22.3 Å². The molecule has 0 unspecified atom stereocenters. The van der Waals surface area contributed by atoms with Crippen LogP contribution < -0.4 is 0 Å². The van der Waals surface area contributed by atoms with E-state index in [1.165, 1.54) is 12.1 Å². The molecular formula is C26H12N4O2. The monoisotopic (exact) mass is 412 g/mol. The van der Waals surface area contributed by atoms with Crippen LogP contribution in [-0.4, -0.2) is 10.2 Å². The molecule has 4 aromatic carbocycles. The molecule has 0 radical (unpaired) electrons. The van der Waals surface area contributed by atoms with Crippen molar-refractivity contribution in [2.75, 3.05) is 0 Å². The van der Waals surface area contributed by atoms with E-state index < -0.39 is 0 Å². The third-order valence-corrected chi connectivity index (χ3v) is 5.32. The van der Waals surface area contributed by atoms with Crippen LogP contribution in [0.3, 0.4) is 0 Å². The van der Waals surface area contributed by atoms with Gasteiger partial charge in [0.05, 0.1) is 11.1 Å². The lowest BCUT2D eigenvalue weighted by Gasteiger charge is -2.15. The number of aromatic hydroxyl groups is 2. The SMILES string of the molecule is N#Cc1c(O)ccc(-c2ccc(-c3ccc(O)c(C#N)c3C#N)c3ccccc23)c1C#N. The molecule has 0 aliphatic heterocycles. The second kappa shape index (κ2) is 7.85. The Morgan fingerprint density at radius 3 is 1.12 bits per heavy atom. The van der Waals surface area contributed by atoms with Crippen molar-refractivity contribution in [2.45, 2.75) is 0 Å². The van der Waals surface area contributed by atoms with E-state index in [2.05, 4.69) is 0 Å². The summed E-state index contributed by atoms with van der Waals surface area (Å²) in [6.45, 7) is 0. The Kier molecular flexibility index (Phi) is 4.90. The van der Waals surface area contributed by atoms with E-state index in [1.807, 2.05) is 48.5 Å². The van der Waals surface area contributed by atoms with Gasteiger partial charge in [-0.15, -0.1) is 0 Å². The highest BCUT2D eigenvalue weighted by atomic mass is 16.3. The number of nitriles is 4. The van der Waals surface area contributed by atoms with Crippen LogP contribution in [0, 0.1) is 45.3 Å². The summed E-state index contributed by atoms with van der Waals surface area (Å²) in [6, 6.07) is 24.6. The van der Waals surface area contributed by atoms with E-state index in [0.717, 1.165) is 10.8 Å². The van der Waals surface area contributed by atoms with Gasteiger partial charge in [0.2, 0.25) is 0 Å². The molecule has 6 nitrogen and oxygen atoms in total. The molecule has 0 heterocycles. The zero-order chi connectivity index (χ0) is 22.8. The molecule has 32 heavy (non-hydrogen) atoms. The van der Waals surface area contributed by atoms with Gasteiger partial charge in [0.1, 0.15) is 46.9 Å². The van der Waals surface area contributed by atoms with Gasteiger partial charge in [-0.3, -0.25) is 0 Å². The first-order chi connectivity index (χ1) is 15.5. The summed E-state index contributed by atoms with van der Waals surface area (Å²) in [4.78, 5) is 0. The smallest absolute Gasteiger partial charge is 0.134 e. The second-order valence-corrected chi connectivity index (χ2v) is 6.92. The molecular weight excluding hydrogens is 400 g/mol. The Bertz CT molecular complexity index is 1470. The number of hydrogen-bond donors (Lipinski definition) is 2. The van der Waals surface area contributed by atoms with Crippen molar-refractivity contribution in [3.05, 3.63) is 82.9 Å². The van der Waals surface area contributed by atoms with Gasteiger partial charge in [-0.25, -0.2) is 0 Å². The summed E-state index contributed by atoms with van der Waals surface area (Å²) >= 11 is 0. The molecule has 0 aliphatic rings. The summed E-state index contributed by atoms with van der Waals surface area (Å²) in [7, 11) is 0. The van der Waals surface area contributed by atoms with Gasteiger partial charge in [0.15, 0.2) is 0 Å². The number of phenolic OH excluding ortho intramolecular Hbond substituents is 2. The van der Waals surface area contributed by atoms with Crippen molar-refractivity contribution >= 4 is 10.8 Å². The van der Waals surface area contributed by atoms with E-state index in [1.54, 1.807) is 24.3 Å². The Labute approximate surface area is 183 Å². The molecule has 4 aromatic rings. The first-order valence-corrected chi connectivity index (χ1v) is 9.40. The average Bonchev–Trinajstić information content (AvgIpc) is 2.83. The summed E-state index contributed by atoms with van der Waals surface area (Å²) in [6.07, 6.45) is 0. The minimum absolute atomic E-state index is 0.0690. The number of fused-ring (bicyclic) bond motifs is 1. The van der Waals surface area contributed by atoms with E-state index in [4.69, 9.17) is 0 Å². The first-order valence-electron chi connectivity index (χ1n) is 9.40. The first kappa shape index (κ1) is 20.0. The largest absolute Gasteiger partial charge is 0.507 e. The van der Waals surface area contributed by atoms with Gasteiger partial charge in [0.25, 0.3) is 0 Å². The molecule has 148 valence electrons. The molecule has 0 bridgehead atoms. The average molecular weight is 412 g/mol. The van der Waals surface area contributed by atoms with Gasteiger partial charge >= 0.3 is 0 Å². The maximum Gasteiger partial charge on any atom is 0.134 e. The normalized spacial score (nSPS) is 10.0. The number of nitrogens with zero attached hydrogens (tertiary/aromatic N) is 4. The van der Waals surface area contributed by atoms with Crippen LogP contribution >= 0.6 is 0 Å². The minimum atomic E-state index is -0.263. The Morgan fingerprint density at radius 2 is 0.781 bits per heavy atom. The molecule has 0 saturated heterocycles. The van der Waals surface area contributed by atoms with Crippen LogP contribution in [-0.2, 0) is 0 Å². The van der Waals surface area contributed by atoms with E-state index >= 15 is 0 Å². The van der Waals surface area contributed by atoms with Crippen molar-refractivity contribution in [3.8, 4) is 58.0 Å². The second-order valence-electron chi connectivity index (χ2n) is 6.92. The third-order valence-electron chi connectivity index (χ3n) is 5.32. The maximum atomic E-state index is 9.98. The predicted octanol–water partition coefficient (Wildman–Crippen LogP) is 5.07. The van der Waals surface area contributed by atoms with Gasteiger partial charge in [-0.05, 0) is 46.2 Å². The molecule has 0 fully saturated rings. The van der Waals surface area contributed by atoms with Crippen LogP contribution in [0.25, 0.3) is 33.0 Å². The van der Waals surface area contributed by atoms with Gasteiger partial charge in [0, 0.05) is 11.1 Å². The molecule has 6 heteroatoms. The molecule has 0 saturated carbocycles. The van der Waals surface area contributed by atoms with Gasteiger partial charge in [-0.1, -0.05) is 36.4 Å². The lowest BCUT2D eigenvalue weighted by atomic mass is 9.87. The van der Waals surface area contributed by atoms with Crippen LogP contribution in [0.4, 0.5) is 0 Å². The number of benzene rings is 4. The fraction of sp³-hybridized carbons (Fsp3) is 0. The summed E-state index contributed by atoms with van der Waals surface area (Å²) in [5.74, 6) is -0.527. The standard InChI is InChI=1S/C26H12N4O2/c27-11-21-19(7-9-25(31)23(21)13-29)17-5-6-18(16-4-2-1-3-15(16)17)20-8-10-26(32)24(14-30)22(20)12-28/h1-10,31-32H. The maximum absolute atomic E-state index is 9.98. The van der Waals surface area contributed by atoms with Crippen molar-refractivity contribution in [2.24, 2.45) is 0 Å². The van der Waals surface area contributed by atoms with E-state index in [-0.39, 0.29) is 33.8 Å².